The predicted molar refractivity (Wildman–Crippen MR) is 99.8 cm³/mol. The summed E-state index contributed by atoms with van der Waals surface area (Å²) in [5.41, 5.74) is 0.116. The third kappa shape index (κ3) is 4.86. The molecule has 0 saturated carbocycles. The second-order valence-electron chi connectivity index (χ2n) is 5.42. The minimum atomic E-state index is -0.546. The van der Waals surface area contributed by atoms with Crippen LogP contribution in [0.1, 0.15) is 16.2 Å². The molecule has 0 aliphatic heterocycles. The second kappa shape index (κ2) is 9.00. The van der Waals surface area contributed by atoms with E-state index in [-0.39, 0.29) is 40.5 Å². The molecule has 28 heavy (non-hydrogen) atoms. The number of aromatic nitrogens is 2. The Morgan fingerprint density at radius 1 is 1.18 bits per heavy atom. The number of Topliss-reactive ketones (excluding diaryl/α,β-unsaturated/α-hetero) is 1. The van der Waals surface area contributed by atoms with Gasteiger partial charge in [-0.05, 0) is 12.1 Å². The molecule has 0 N–H and O–H groups in total. The Labute approximate surface area is 163 Å². The summed E-state index contributed by atoms with van der Waals surface area (Å²) in [6.45, 7) is 0.0484. The van der Waals surface area contributed by atoms with Crippen molar-refractivity contribution in [3.05, 3.63) is 70.1 Å². The minimum Gasteiger partial charge on any atom is -0.493 e. The number of ether oxygens (including phenoxy) is 2. The molecule has 0 atom stereocenters. The van der Waals surface area contributed by atoms with Crippen molar-refractivity contribution in [3.8, 4) is 11.5 Å². The first-order chi connectivity index (χ1) is 13.6. The van der Waals surface area contributed by atoms with E-state index in [1.54, 1.807) is 19.2 Å². The molecule has 10 heteroatoms. The highest BCUT2D eigenvalue weighted by Gasteiger charge is 2.15. The molecule has 0 aliphatic rings. The number of ketones is 1. The van der Waals surface area contributed by atoms with Crippen LogP contribution in [-0.4, -0.2) is 33.8 Å². The SMILES string of the molecule is COc1ccccc1OCc1nnc(SCC(=O)c2cccc([N+](=O)[O-])c2)o1. The van der Waals surface area contributed by atoms with Crippen LogP contribution in [0.4, 0.5) is 5.69 Å². The van der Waals surface area contributed by atoms with Crippen LogP contribution >= 0.6 is 11.8 Å². The van der Waals surface area contributed by atoms with Gasteiger partial charge in [-0.15, -0.1) is 10.2 Å². The van der Waals surface area contributed by atoms with Crippen LogP contribution in [0.25, 0.3) is 0 Å². The molecule has 0 unspecified atom stereocenters. The van der Waals surface area contributed by atoms with Crippen LogP contribution in [0.2, 0.25) is 0 Å². The van der Waals surface area contributed by atoms with Gasteiger partial charge < -0.3 is 13.9 Å². The zero-order chi connectivity index (χ0) is 19.9. The number of rotatable bonds is 9. The van der Waals surface area contributed by atoms with Crippen molar-refractivity contribution in [2.45, 2.75) is 11.8 Å². The molecule has 0 saturated heterocycles. The Kier molecular flexibility index (Phi) is 6.22. The van der Waals surface area contributed by atoms with Crippen molar-refractivity contribution in [2.75, 3.05) is 12.9 Å². The smallest absolute Gasteiger partial charge is 0.277 e. The van der Waals surface area contributed by atoms with Crippen LogP contribution in [0.5, 0.6) is 11.5 Å². The van der Waals surface area contributed by atoms with E-state index >= 15 is 0 Å². The van der Waals surface area contributed by atoms with E-state index < -0.39 is 4.92 Å². The Bertz CT molecular complexity index is 991. The number of thioether (sulfide) groups is 1. The Hall–Kier alpha value is -3.40. The molecule has 0 radical (unpaired) electrons. The largest absolute Gasteiger partial charge is 0.493 e. The average molecular weight is 401 g/mol. The molecular formula is C18H15N3O6S. The van der Waals surface area contributed by atoms with Gasteiger partial charge in [0.05, 0.1) is 17.8 Å². The average Bonchev–Trinajstić information content (AvgIpc) is 3.18. The highest BCUT2D eigenvalue weighted by molar-refractivity contribution is 7.99. The molecule has 144 valence electrons. The van der Waals surface area contributed by atoms with Crippen molar-refractivity contribution in [1.82, 2.24) is 10.2 Å². The number of methoxy groups -OCH3 is 1. The summed E-state index contributed by atoms with van der Waals surface area (Å²) in [6.07, 6.45) is 0. The fourth-order valence-corrected chi connectivity index (χ4v) is 2.91. The van der Waals surface area contributed by atoms with Crippen LogP contribution in [-0.2, 0) is 6.61 Å². The Morgan fingerprint density at radius 3 is 2.71 bits per heavy atom. The summed E-state index contributed by atoms with van der Waals surface area (Å²) in [7, 11) is 1.54. The zero-order valence-corrected chi connectivity index (χ0v) is 15.5. The van der Waals surface area contributed by atoms with Gasteiger partial charge in [0.1, 0.15) is 0 Å². The number of para-hydroxylation sites is 2. The fraction of sp³-hybridized carbons (Fsp3) is 0.167. The molecule has 3 rings (SSSR count). The molecule has 1 heterocycles. The maximum Gasteiger partial charge on any atom is 0.277 e. The van der Waals surface area contributed by atoms with Crippen LogP contribution < -0.4 is 9.47 Å². The summed E-state index contributed by atoms with van der Waals surface area (Å²) in [5.74, 6) is 1.10. The van der Waals surface area contributed by atoms with Crippen molar-refractivity contribution in [3.63, 3.8) is 0 Å². The summed E-state index contributed by atoms with van der Waals surface area (Å²) in [6, 6.07) is 12.7. The van der Waals surface area contributed by atoms with E-state index in [0.717, 1.165) is 11.8 Å². The molecule has 9 nitrogen and oxygen atoms in total. The number of nitrogens with zero attached hydrogens (tertiary/aromatic N) is 3. The number of carbonyl (C=O) groups is 1. The van der Waals surface area contributed by atoms with E-state index in [1.165, 1.54) is 24.3 Å². The third-order valence-electron chi connectivity index (χ3n) is 3.57. The van der Waals surface area contributed by atoms with Gasteiger partial charge in [0, 0.05) is 17.7 Å². The predicted octanol–water partition coefficient (Wildman–Crippen LogP) is 3.54. The van der Waals surface area contributed by atoms with Gasteiger partial charge in [0.15, 0.2) is 23.9 Å². The van der Waals surface area contributed by atoms with Gasteiger partial charge in [0.2, 0.25) is 0 Å². The normalized spacial score (nSPS) is 10.5. The molecular weight excluding hydrogens is 386 g/mol. The maximum absolute atomic E-state index is 12.2. The Balaban J connectivity index is 1.55. The topological polar surface area (TPSA) is 118 Å². The molecule has 0 fully saturated rings. The minimum absolute atomic E-state index is 0.0101. The number of hydrogen-bond donors (Lipinski definition) is 0. The number of carbonyl (C=O) groups excluding carboxylic acids is 1. The summed E-state index contributed by atoms with van der Waals surface area (Å²) >= 11 is 1.05. The number of hydrogen-bond acceptors (Lipinski definition) is 9. The van der Waals surface area contributed by atoms with Gasteiger partial charge in [-0.25, -0.2) is 0 Å². The number of non-ortho nitro benzene ring substituents is 1. The standard InChI is InChI=1S/C18H15N3O6S/c1-25-15-7-2-3-8-16(15)26-10-17-19-20-18(27-17)28-11-14(22)12-5-4-6-13(9-12)21(23)24/h2-9H,10-11H2,1H3. The molecule has 0 bridgehead atoms. The summed E-state index contributed by atoms with van der Waals surface area (Å²) < 4.78 is 16.2. The lowest BCUT2D eigenvalue weighted by Gasteiger charge is -2.07. The summed E-state index contributed by atoms with van der Waals surface area (Å²) in [4.78, 5) is 22.5. The van der Waals surface area contributed by atoms with Crippen LogP contribution in [0, 0.1) is 10.1 Å². The van der Waals surface area contributed by atoms with E-state index in [0.29, 0.717) is 11.5 Å². The van der Waals surface area contributed by atoms with Crippen molar-refractivity contribution >= 4 is 23.2 Å². The molecule has 3 aromatic rings. The van der Waals surface area contributed by atoms with E-state index in [4.69, 9.17) is 13.9 Å². The molecule has 2 aromatic carbocycles. The monoisotopic (exact) mass is 401 g/mol. The van der Waals surface area contributed by atoms with Gasteiger partial charge in [-0.2, -0.15) is 0 Å². The maximum atomic E-state index is 12.2. The lowest BCUT2D eigenvalue weighted by Crippen LogP contribution is -2.03. The highest BCUT2D eigenvalue weighted by atomic mass is 32.2. The van der Waals surface area contributed by atoms with Crippen LogP contribution in [0.3, 0.4) is 0 Å². The molecule has 1 aromatic heterocycles. The number of benzene rings is 2. The molecule has 0 aliphatic carbocycles. The lowest BCUT2D eigenvalue weighted by atomic mass is 10.1. The fourth-order valence-electron chi connectivity index (χ4n) is 2.24. The van der Waals surface area contributed by atoms with Gasteiger partial charge in [-0.3, -0.25) is 14.9 Å². The number of nitro groups is 1. The molecule has 0 amide bonds. The van der Waals surface area contributed by atoms with Gasteiger partial charge in [-0.1, -0.05) is 36.0 Å². The van der Waals surface area contributed by atoms with E-state index in [2.05, 4.69) is 10.2 Å². The van der Waals surface area contributed by atoms with Crippen LogP contribution in [0.15, 0.2) is 58.2 Å². The number of nitro benzene ring substituents is 1. The first-order valence-corrected chi connectivity index (χ1v) is 9.04. The first kappa shape index (κ1) is 19.4. The van der Waals surface area contributed by atoms with Crippen molar-refractivity contribution in [1.29, 1.82) is 0 Å². The van der Waals surface area contributed by atoms with E-state index in [1.807, 2.05) is 12.1 Å². The van der Waals surface area contributed by atoms with E-state index in [9.17, 15) is 14.9 Å². The van der Waals surface area contributed by atoms with Crippen molar-refractivity contribution < 1.29 is 23.6 Å². The van der Waals surface area contributed by atoms with Gasteiger partial charge in [0.25, 0.3) is 16.8 Å². The Morgan fingerprint density at radius 2 is 1.96 bits per heavy atom. The zero-order valence-electron chi connectivity index (χ0n) is 14.7. The first-order valence-electron chi connectivity index (χ1n) is 8.05. The highest BCUT2D eigenvalue weighted by Crippen LogP contribution is 2.27. The second-order valence-corrected chi connectivity index (χ2v) is 6.35. The summed E-state index contributed by atoms with van der Waals surface area (Å²) in [5, 5.41) is 18.7. The lowest BCUT2D eigenvalue weighted by molar-refractivity contribution is -0.384. The molecule has 0 spiro atoms. The van der Waals surface area contributed by atoms with Crippen molar-refractivity contribution in [2.24, 2.45) is 0 Å². The quantitative estimate of drug-likeness (QED) is 0.229. The van der Waals surface area contributed by atoms with Gasteiger partial charge >= 0.3 is 0 Å². The third-order valence-corrected chi connectivity index (χ3v) is 4.39.